The molecule has 1 heterocycles. The SMILES string of the molecule is CCOc1ccc(-c2nc(C)c(C(=O)NC(C)CO)s2)cc1. The van der Waals surface area contributed by atoms with Gasteiger partial charge in [-0.2, -0.15) is 0 Å². The molecule has 1 aromatic carbocycles. The molecule has 0 saturated carbocycles. The van der Waals surface area contributed by atoms with Crippen molar-refractivity contribution in [2.75, 3.05) is 13.2 Å². The number of ether oxygens (including phenoxy) is 1. The molecular formula is C16H20N2O3S. The van der Waals surface area contributed by atoms with Crippen LogP contribution in [0.25, 0.3) is 10.6 Å². The van der Waals surface area contributed by atoms with Crippen LogP contribution in [-0.2, 0) is 0 Å². The van der Waals surface area contributed by atoms with E-state index >= 15 is 0 Å². The van der Waals surface area contributed by atoms with E-state index in [1.54, 1.807) is 6.92 Å². The maximum atomic E-state index is 12.1. The molecule has 0 aliphatic rings. The number of nitrogens with zero attached hydrogens (tertiary/aromatic N) is 1. The number of aryl methyl sites for hydroxylation is 1. The lowest BCUT2D eigenvalue weighted by Crippen LogP contribution is -2.34. The second-order valence-corrected chi connectivity index (χ2v) is 5.95. The molecule has 1 aromatic heterocycles. The topological polar surface area (TPSA) is 71.5 Å². The molecule has 2 aromatic rings. The number of rotatable bonds is 6. The van der Waals surface area contributed by atoms with E-state index in [4.69, 9.17) is 9.84 Å². The minimum Gasteiger partial charge on any atom is -0.494 e. The minimum atomic E-state index is -0.275. The van der Waals surface area contributed by atoms with Crippen molar-refractivity contribution in [1.82, 2.24) is 10.3 Å². The predicted octanol–water partition coefficient (Wildman–Crippen LogP) is 2.63. The first-order chi connectivity index (χ1) is 10.5. The summed E-state index contributed by atoms with van der Waals surface area (Å²) in [5.74, 6) is 0.614. The summed E-state index contributed by atoms with van der Waals surface area (Å²) in [6.45, 7) is 6.05. The molecule has 1 unspecified atom stereocenters. The van der Waals surface area contributed by atoms with Gasteiger partial charge in [0.15, 0.2) is 0 Å². The van der Waals surface area contributed by atoms with Gasteiger partial charge >= 0.3 is 0 Å². The molecule has 1 atom stereocenters. The number of hydrogen-bond acceptors (Lipinski definition) is 5. The van der Waals surface area contributed by atoms with Crippen LogP contribution in [0.4, 0.5) is 0 Å². The van der Waals surface area contributed by atoms with E-state index in [1.165, 1.54) is 11.3 Å². The van der Waals surface area contributed by atoms with Gasteiger partial charge in [-0.05, 0) is 45.0 Å². The number of benzene rings is 1. The number of thiazole rings is 1. The van der Waals surface area contributed by atoms with Gasteiger partial charge in [-0.15, -0.1) is 11.3 Å². The first kappa shape index (κ1) is 16.5. The largest absolute Gasteiger partial charge is 0.494 e. The highest BCUT2D eigenvalue weighted by molar-refractivity contribution is 7.17. The third-order valence-electron chi connectivity index (χ3n) is 3.07. The van der Waals surface area contributed by atoms with Gasteiger partial charge in [0, 0.05) is 11.6 Å². The van der Waals surface area contributed by atoms with Crippen molar-refractivity contribution in [2.24, 2.45) is 0 Å². The van der Waals surface area contributed by atoms with Crippen LogP contribution in [0.1, 0.15) is 29.2 Å². The van der Waals surface area contributed by atoms with Crippen LogP contribution >= 0.6 is 11.3 Å². The molecule has 118 valence electrons. The zero-order valence-corrected chi connectivity index (χ0v) is 13.7. The van der Waals surface area contributed by atoms with Gasteiger partial charge in [0.25, 0.3) is 5.91 Å². The first-order valence-corrected chi connectivity index (χ1v) is 7.99. The molecule has 0 spiro atoms. The fraction of sp³-hybridized carbons (Fsp3) is 0.375. The highest BCUT2D eigenvalue weighted by Crippen LogP contribution is 2.29. The average Bonchev–Trinajstić information content (AvgIpc) is 2.90. The Morgan fingerprint density at radius 1 is 1.41 bits per heavy atom. The van der Waals surface area contributed by atoms with E-state index in [-0.39, 0.29) is 18.6 Å². The maximum Gasteiger partial charge on any atom is 0.263 e. The Balaban J connectivity index is 2.20. The van der Waals surface area contributed by atoms with Crippen molar-refractivity contribution in [2.45, 2.75) is 26.8 Å². The smallest absolute Gasteiger partial charge is 0.263 e. The fourth-order valence-electron chi connectivity index (χ4n) is 1.93. The van der Waals surface area contributed by atoms with Gasteiger partial charge in [0.05, 0.1) is 18.9 Å². The number of hydrogen-bond donors (Lipinski definition) is 2. The number of aliphatic hydroxyl groups excluding tert-OH is 1. The molecule has 22 heavy (non-hydrogen) atoms. The fourth-order valence-corrected chi connectivity index (χ4v) is 2.90. The van der Waals surface area contributed by atoms with Crippen molar-refractivity contribution in [3.63, 3.8) is 0 Å². The van der Waals surface area contributed by atoms with E-state index in [0.29, 0.717) is 17.2 Å². The molecule has 0 fully saturated rings. The Bertz CT molecular complexity index is 637. The Morgan fingerprint density at radius 2 is 2.09 bits per heavy atom. The molecule has 0 bridgehead atoms. The number of aliphatic hydroxyl groups is 1. The monoisotopic (exact) mass is 320 g/mol. The predicted molar refractivity (Wildman–Crippen MR) is 87.5 cm³/mol. The van der Waals surface area contributed by atoms with Gasteiger partial charge in [0.1, 0.15) is 15.6 Å². The normalized spacial score (nSPS) is 12.0. The highest BCUT2D eigenvalue weighted by atomic mass is 32.1. The van der Waals surface area contributed by atoms with Crippen LogP contribution < -0.4 is 10.1 Å². The molecule has 2 N–H and O–H groups in total. The summed E-state index contributed by atoms with van der Waals surface area (Å²) in [5, 5.41) is 12.5. The van der Waals surface area contributed by atoms with Crippen LogP contribution in [0, 0.1) is 6.92 Å². The van der Waals surface area contributed by atoms with Crippen LogP contribution in [0.5, 0.6) is 5.75 Å². The van der Waals surface area contributed by atoms with E-state index in [1.807, 2.05) is 38.1 Å². The Labute approximate surface area is 134 Å². The Kier molecular flexibility index (Phi) is 5.51. The second kappa shape index (κ2) is 7.38. The summed E-state index contributed by atoms with van der Waals surface area (Å²) in [7, 11) is 0. The lowest BCUT2D eigenvalue weighted by molar-refractivity contribution is 0.0925. The highest BCUT2D eigenvalue weighted by Gasteiger charge is 2.17. The number of nitrogens with one attached hydrogen (secondary N) is 1. The van der Waals surface area contributed by atoms with Crippen molar-refractivity contribution in [3.8, 4) is 16.3 Å². The standard InChI is InChI=1S/C16H20N2O3S/c1-4-21-13-7-5-12(6-8-13)16-18-11(3)14(22-16)15(20)17-10(2)9-19/h5-8,10,19H,4,9H2,1-3H3,(H,17,20). The quantitative estimate of drug-likeness (QED) is 0.858. The zero-order chi connectivity index (χ0) is 16.1. The summed E-state index contributed by atoms with van der Waals surface area (Å²) in [6.07, 6.45) is 0. The molecule has 5 nitrogen and oxygen atoms in total. The molecule has 1 amide bonds. The molecule has 0 radical (unpaired) electrons. The summed E-state index contributed by atoms with van der Waals surface area (Å²) in [6, 6.07) is 7.37. The molecule has 6 heteroatoms. The molecule has 0 aliphatic carbocycles. The van der Waals surface area contributed by atoms with Crippen molar-refractivity contribution in [1.29, 1.82) is 0 Å². The van der Waals surface area contributed by atoms with E-state index < -0.39 is 0 Å². The van der Waals surface area contributed by atoms with E-state index in [2.05, 4.69) is 10.3 Å². The first-order valence-electron chi connectivity index (χ1n) is 7.17. The maximum absolute atomic E-state index is 12.1. The summed E-state index contributed by atoms with van der Waals surface area (Å²) in [4.78, 5) is 17.2. The molecule has 0 saturated heterocycles. The third kappa shape index (κ3) is 3.84. The zero-order valence-electron chi connectivity index (χ0n) is 12.9. The lowest BCUT2D eigenvalue weighted by Gasteiger charge is -2.09. The minimum absolute atomic E-state index is 0.0880. The molecular weight excluding hydrogens is 300 g/mol. The number of carbonyl (C=O) groups excluding carboxylic acids is 1. The van der Waals surface area contributed by atoms with E-state index in [9.17, 15) is 4.79 Å². The molecule has 0 aliphatic heterocycles. The van der Waals surface area contributed by atoms with Crippen LogP contribution in [0.15, 0.2) is 24.3 Å². The number of aromatic nitrogens is 1. The van der Waals surface area contributed by atoms with Crippen LogP contribution in [0.2, 0.25) is 0 Å². The van der Waals surface area contributed by atoms with Crippen molar-refractivity contribution >= 4 is 17.2 Å². The summed E-state index contributed by atoms with van der Waals surface area (Å²) >= 11 is 1.35. The van der Waals surface area contributed by atoms with Gasteiger partial charge in [-0.1, -0.05) is 0 Å². The molecule has 2 rings (SSSR count). The van der Waals surface area contributed by atoms with Gasteiger partial charge in [-0.3, -0.25) is 4.79 Å². The average molecular weight is 320 g/mol. The second-order valence-electron chi connectivity index (χ2n) is 4.95. The number of carbonyl (C=O) groups is 1. The van der Waals surface area contributed by atoms with Gasteiger partial charge < -0.3 is 15.2 Å². The Hall–Kier alpha value is -1.92. The Morgan fingerprint density at radius 3 is 2.68 bits per heavy atom. The van der Waals surface area contributed by atoms with Gasteiger partial charge in [-0.25, -0.2) is 4.98 Å². The van der Waals surface area contributed by atoms with Crippen LogP contribution in [-0.4, -0.2) is 35.3 Å². The van der Waals surface area contributed by atoms with Gasteiger partial charge in [0.2, 0.25) is 0 Å². The third-order valence-corrected chi connectivity index (χ3v) is 4.27. The van der Waals surface area contributed by atoms with Crippen molar-refractivity contribution < 1.29 is 14.6 Å². The summed E-state index contributed by atoms with van der Waals surface area (Å²) in [5.41, 5.74) is 1.64. The van der Waals surface area contributed by atoms with Crippen molar-refractivity contribution in [3.05, 3.63) is 34.8 Å². The van der Waals surface area contributed by atoms with E-state index in [0.717, 1.165) is 16.3 Å². The number of amides is 1. The summed E-state index contributed by atoms with van der Waals surface area (Å²) < 4.78 is 5.42. The van der Waals surface area contributed by atoms with Crippen LogP contribution in [0.3, 0.4) is 0 Å². The lowest BCUT2D eigenvalue weighted by atomic mass is 10.2.